The van der Waals surface area contributed by atoms with Crippen LogP contribution in [0.4, 0.5) is 0 Å². The molecule has 0 bridgehead atoms. The molecule has 0 amide bonds. The van der Waals surface area contributed by atoms with Gasteiger partial charge in [-0.3, -0.25) is 9.59 Å². The Morgan fingerprint density at radius 3 is 2.47 bits per heavy atom. The Morgan fingerprint density at radius 2 is 1.79 bits per heavy atom. The van der Waals surface area contributed by atoms with Crippen LogP contribution in [0.5, 0.6) is 5.75 Å². The topological polar surface area (TPSA) is 43.4 Å². The molecule has 2 aromatic rings. The van der Waals surface area contributed by atoms with Crippen LogP contribution in [0.1, 0.15) is 32.9 Å². The van der Waals surface area contributed by atoms with E-state index < -0.39 is 0 Å². The highest BCUT2D eigenvalue weighted by molar-refractivity contribution is 7.12. The van der Waals surface area contributed by atoms with Crippen molar-refractivity contribution in [1.29, 1.82) is 0 Å². The van der Waals surface area contributed by atoms with Crippen molar-refractivity contribution in [3.8, 4) is 5.75 Å². The molecule has 0 aliphatic rings. The maximum Gasteiger partial charge on any atom is 0.173 e. The van der Waals surface area contributed by atoms with Crippen LogP contribution in [0.2, 0.25) is 0 Å². The number of methoxy groups -OCH3 is 1. The standard InChI is InChI=1S/C15H14O3S/c1-18-14-6-3-2-5-11(14)12(16)8-9-13(17)15-7-4-10-19-15/h2-7,10H,8-9H2,1H3. The zero-order valence-corrected chi connectivity index (χ0v) is 11.4. The van der Waals surface area contributed by atoms with Crippen LogP contribution in [0.25, 0.3) is 0 Å². The van der Waals surface area contributed by atoms with Gasteiger partial charge in [-0.25, -0.2) is 0 Å². The first-order valence-corrected chi connectivity index (χ1v) is 6.83. The van der Waals surface area contributed by atoms with Gasteiger partial charge in [0.2, 0.25) is 0 Å². The van der Waals surface area contributed by atoms with Crippen molar-refractivity contribution in [2.24, 2.45) is 0 Å². The molecule has 2 rings (SSSR count). The Balaban J connectivity index is 2.00. The van der Waals surface area contributed by atoms with Crippen molar-refractivity contribution in [3.63, 3.8) is 0 Å². The minimum absolute atomic E-state index is 0.0123. The second kappa shape index (κ2) is 6.29. The zero-order valence-electron chi connectivity index (χ0n) is 10.6. The van der Waals surface area contributed by atoms with Crippen molar-refractivity contribution in [2.75, 3.05) is 7.11 Å². The molecule has 1 aromatic heterocycles. The fourth-order valence-corrected chi connectivity index (χ4v) is 2.49. The number of benzene rings is 1. The van der Waals surface area contributed by atoms with Crippen LogP contribution >= 0.6 is 11.3 Å². The molecule has 0 spiro atoms. The minimum Gasteiger partial charge on any atom is -0.496 e. The van der Waals surface area contributed by atoms with Gasteiger partial charge in [-0.1, -0.05) is 18.2 Å². The molecule has 0 aliphatic carbocycles. The molecule has 0 atom stereocenters. The van der Waals surface area contributed by atoms with E-state index in [1.54, 1.807) is 24.3 Å². The fraction of sp³-hybridized carbons (Fsp3) is 0.200. The predicted octanol–water partition coefficient (Wildman–Crippen LogP) is 3.60. The van der Waals surface area contributed by atoms with E-state index in [4.69, 9.17) is 4.74 Å². The largest absolute Gasteiger partial charge is 0.496 e. The Hall–Kier alpha value is -1.94. The summed E-state index contributed by atoms with van der Waals surface area (Å²) in [7, 11) is 1.53. The monoisotopic (exact) mass is 274 g/mol. The molecular formula is C15H14O3S. The number of ether oxygens (including phenoxy) is 1. The molecule has 3 nitrogen and oxygen atoms in total. The third-order valence-electron chi connectivity index (χ3n) is 2.78. The number of para-hydroxylation sites is 1. The summed E-state index contributed by atoms with van der Waals surface area (Å²) in [5.41, 5.74) is 0.531. The summed E-state index contributed by atoms with van der Waals surface area (Å²) >= 11 is 1.40. The van der Waals surface area contributed by atoms with Crippen molar-refractivity contribution < 1.29 is 14.3 Å². The van der Waals surface area contributed by atoms with Crippen molar-refractivity contribution in [1.82, 2.24) is 0 Å². The van der Waals surface area contributed by atoms with E-state index >= 15 is 0 Å². The number of hydrogen-bond donors (Lipinski definition) is 0. The van der Waals surface area contributed by atoms with Crippen LogP contribution < -0.4 is 4.74 Å². The molecule has 0 radical (unpaired) electrons. The Morgan fingerprint density at radius 1 is 1.05 bits per heavy atom. The van der Waals surface area contributed by atoms with Crippen LogP contribution in [-0.2, 0) is 0 Å². The van der Waals surface area contributed by atoms with Gasteiger partial charge in [-0.15, -0.1) is 11.3 Å². The molecule has 0 saturated carbocycles. The third-order valence-corrected chi connectivity index (χ3v) is 3.69. The quantitative estimate of drug-likeness (QED) is 0.756. The second-order valence-electron chi connectivity index (χ2n) is 4.02. The molecule has 98 valence electrons. The van der Waals surface area contributed by atoms with E-state index in [2.05, 4.69) is 0 Å². The van der Waals surface area contributed by atoms with Crippen molar-refractivity contribution in [3.05, 3.63) is 52.2 Å². The summed E-state index contributed by atoms with van der Waals surface area (Å²) in [5.74, 6) is 0.497. The number of carbonyl (C=O) groups is 2. The van der Waals surface area contributed by atoms with Gasteiger partial charge in [0.25, 0.3) is 0 Å². The maximum absolute atomic E-state index is 12.1. The van der Waals surface area contributed by atoms with E-state index in [9.17, 15) is 9.59 Å². The summed E-state index contributed by atoms with van der Waals surface area (Å²) < 4.78 is 5.14. The molecule has 0 saturated heterocycles. The lowest BCUT2D eigenvalue weighted by atomic mass is 10.0. The van der Waals surface area contributed by atoms with Gasteiger partial charge in [-0.2, -0.15) is 0 Å². The van der Waals surface area contributed by atoms with Crippen LogP contribution in [0.15, 0.2) is 41.8 Å². The first-order valence-electron chi connectivity index (χ1n) is 5.95. The average Bonchev–Trinajstić information content (AvgIpc) is 2.98. The Kier molecular flexibility index (Phi) is 4.47. The SMILES string of the molecule is COc1ccccc1C(=O)CCC(=O)c1cccs1. The summed E-state index contributed by atoms with van der Waals surface area (Å²) in [6.45, 7) is 0. The second-order valence-corrected chi connectivity index (χ2v) is 4.97. The van der Waals surface area contributed by atoms with Crippen LogP contribution in [0, 0.1) is 0 Å². The number of ketones is 2. The molecule has 1 heterocycles. The van der Waals surface area contributed by atoms with Gasteiger partial charge < -0.3 is 4.74 Å². The zero-order chi connectivity index (χ0) is 13.7. The predicted molar refractivity (Wildman–Crippen MR) is 75.2 cm³/mol. The molecule has 19 heavy (non-hydrogen) atoms. The van der Waals surface area contributed by atoms with Crippen LogP contribution in [0.3, 0.4) is 0 Å². The van der Waals surface area contributed by atoms with E-state index in [1.807, 2.05) is 17.5 Å². The maximum atomic E-state index is 12.1. The number of hydrogen-bond acceptors (Lipinski definition) is 4. The molecule has 0 aliphatic heterocycles. The van der Waals surface area contributed by atoms with E-state index in [0.29, 0.717) is 16.2 Å². The number of Topliss-reactive ketones (excluding diaryl/α,β-unsaturated/α-hetero) is 2. The van der Waals surface area contributed by atoms with Gasteiger partial charge in [-0.05, 0) is 23.6 Å². The highest BCUT2D eigenvalue weighted by atomic mass is 32.1. The smallest absolute Gasteiger partial charge is 0.173 e. The van der Waals surface area contributed by atoms with Gasteiger partial charge in [0.1, 0.15) is 5.75 Å². The van der Waals surface area contributed by atoms with Gasteiger partial charge in [0.15, 0.2) is 11.6 Å². The molecule has 0 unspecified atom stereocenters. The number of rotatable bonds is 6. The van der Waals surface area contributed by atoms with E-state index in [-0.39, 0.29) is 24.4 Å². The van der Waals surface area contributed by atoms with Gasteiger partial charge in [0, 0.05) is 12.8 Å². The highest BCUT2D eigenvalue weighted by Crippen LogP contribution is 2.20. The van der Waals surface area contributed by atoms with Crippen molar-refractivity contribution >= 4 is 22.9 Å². The molecule has 1 aromatic carbocycles. The van der Waals surface area contributed by atoms with E-state index in [0.717, 1.165) is 0 Å². The molecular weight excluding hydrogens is 260 g/mol. The Bertz CT molecular complexity index is 573. The normalized spacial score (nSPS) is 10.2. The first-order chi connectivity index (χ1) is 9.22. The molecule has 4 heteroatoms. The lowest BCUT2D eigenvalue weighted by molar-refractivity contribution is 0.0918. The summed E-state index contributed by atoms with van der Waals surface area (Å²) in [6.07, 6.45) is 0.439. The average molecular weight is 274 g/mol. The summed E-state index contributed by atoms with van der Waals surface area (Å²) in [5, 5.41) is 1.86. The number of thiophene rings is 1. The molecule has 0 N–H and O–H groups in total. The van der Waals surface area contributed by atoms with Crippen molar-refractivity contribution in [2.45, 2.75) is 12.8 Å². The first kappa shape index (κ1) is 13.5. The van der Waals surface area contributed by atoms with E-state index in [1.165, 1.54) is 18.4 Å². The lowest BCUT2D eigenvalue weighted by Gasteiger charge is -2.06. The molecule has 0 fully saturated rings. The van der Waals surface area contributed by atoms with Crippen LogP contribution in [-0.4, -0.2) is 18.7 Å². The highest BCUT2D eigenvalue weighted by Gasteiger charge is 2.14. The van der Waals surface area contributed by atoms with Gasteiger partial charge in [0.05, 0.1) is 17.6 Å². The minimum atomic E-state index is -0.0673. The third kappa shape index (κ3) is 3.29. The fourth-order valence-electron chi connectivity index (χ4n) is 1.80. The summed E-state index contributed by atoms with van der Waals surface area (Å²) in [6, 6.07) is 10.7. The Labute approximate surface area is 115 Å². The van der Waals surface area contributed by atoms with Gasteiger partial charge >= 0.3 is 0 Å². The number of carbonyl (C=O) groups excluding carboxylic acids is 2. The summed E-state index contributed by atoms with van der Waals surface area (Å²) in [4.78, 5) is 24.6. The lowest BCUT2D eigenvalue weighted by Crippen LogP contribution is -2.05.